The van der Waals surface area contributed by atoms with E-state index in [1.807, 2.05) is 28.5 Å². The van der Waals surface area contributed by atoms with Crippen LogP contribution >= 0.6 is 0 Å². The van der Waals surface area contributed by atoms with E-state index >= 15 is 4.39 Å². The quantitative estimate of drug-likeness (QED) is 0.528. The molecule has 0 amide bonds. The molecule has 32 heavy (non-hydrogen) atoms. The summed E-state index contributed by atoms with van der Waals surface area (Å²) in [5.41, 5.74) is 3.79. The maximum atomic E-state index is 15.5. The van der Waals surface area contributed by atoms with Crippen LogP contribution in [0.3, 0.4) is 0 Å². The number of rotatable bonds is 3. The first-order valence-corrected chi connectivity index (χ1v) is 10.7. The molecular formula is C23H22FN5O3. The van der Waals surface area contributed by atoms with Gasteiger partial charge in [0.05, 0.1) is 23.4 Å². The number of hydrogen-bond donors (Lipinski definition) is 1. The van der Waals surface area contributed by atoms with Gasteiger partial charge in [-0.15, -0.1) is 0 Å². The molecule has 9 heteroatoms. The number of benzene rings is 1. The van der Waals surface area contributed by atoms with Gasteiger partial charge in [-0.05, 0) is 38.0 Å². The van der Waals surface area contributed by atoms with E-state index in [1.165, 1.54) is 6.07 Å². The molecule has 0 spiro atoms. The summed E-state index contributed by atoms with van der Waals surface area (Å²) in [7, 11) is 0. The van der Waals surface area contributed by atoms with Crippen molar-refractivity contribution in [1.82, 2.24) is 19.7 Å². The Balaban J connectivity index is 1.66. The van der Waals surface area contributed by atoms with E-state index in [0.717, 1.165) is 11.1 Å². The van der Waals surface area contributed by atoms with Crippen LogP contribution in [0.15, 0.2) is 35.1 Å². The number of nitrogens with zero attached hydrogens (tertiary/aromatic N) is 5. The number of imidazole rings is 1. The molecule has 8 nitrogen and oxygen atoms in total. The number of ether oxygens (including phenoxy) is 1. The number of aliphatic hydroxyl groups is 1. The van der Waals surface area contributed by atoms with E-state index in [0.29, 0.717) is 60.3 Å². The topological polar surface area (TPSA) is 89.4 Å². The highest BCUT2D eigenvalue weighted by molar-refractivity contribution is 5.94. The maximum absolute atomic E-state index is 15.5. The number of hydrogen-bond acceptors (Lipinski definition) is 7. The second kappa shape index (κ2) is 7.03. The minimum atomic E-state index is -0.436. The molecule has 0 aliphatic carbocycles. The van der Waals surface area contributed by atoms with Crippen LogP contribution in [0.2, 0.25) is 0 Å². The number of pyridine rings is 1. The fourth-order valence-electron chi connectivity index (χ4n) is 4.89. The van der Waals surface area contributed by atoms with Crippen molar-refractivity contribution in [2.45, 2.75) is 32.4 Å². The van der Waals surface area contributed by atoms with Crippen LogP contribution in [0.4, 0.5) is 10.3 Å². The van der Waals surface area contributed by atoms with Crippen molar-refractivity contribution < 1.29 is 18.8 Å². The average molecular weight is 435 g/mol. The molecule has 0 unspecified atom stereocenters. The first-order chi connectivity index (χ1) is 15.5. The van der Waals surface area contributed by atoms with Crippen LogP contribution in [0.25, 0.3) is 22.2 Å². The summed E-state index contributed by atoms with van der Waals surface area (Å²) in [6.45, 7) is 5.09. The highest BCUT2D eigenvalue weighted by atomic mass is 19.1. The number of β-amino-alcohol motifs (C(OH)–C–C–N with tert-alkyl or cyclic N) is 1. The summed E-state index contributed by atoms with van der Waals surface area (Å²) in [6, 6.07) is 5.08. The second-order valence-corrected chi connectivity index (χ2v) is 8.41. The van der Waals surface area contributed by atoms with Gasteiger partial charge in [0.25, 0.3) is 0 Å². The third-order valence-electron chi connectivity index (χ3n) is 6.36. The number of aryl methyl sites for hydroxylation is 2. The first kappa shape index (κ1) is 19.2. The molecule has 4 aromatic rings. The van der Waals surface area contributed by atoms with Crippen LogP contribution in [0.1, 0.15) is 29.5 Å². The van der Waals surface area contributed by atoms with Crippen molar-refractivity contribution in [1.29, 1.82) is 0 Å². The first-order valence-electron chi connectivity index (χ1n) is 10.7. The lowest BCUT2D eigenvalue weighted by molar-refractivity contribution is 0.198. The number of anilines is 1. The van der Waals surface area contributed by atoms with Gasteiger partial charge >= 0.3 is 0 Å². The van der Waals surface area contributed by atoms with Crippen LogP contribution in [0.5, 0.6) is 5.75 Å². The molecule has 2 aliphatic heterocycles. The molecule has 5 heterocycles. The van der Waals surface area contributed by atoms with E-state index < -0.39 is 11.9 Å². The van der Waals surface area contributed by atoms with Crippen molar-refractivity contribution in [2.24, 2.45) is 0 Å². The number of halogens is 1. The van der Waals surface area contributed by atoms with Crippen molar-refractivity contribution >= 4 is 17.0 Å². The molecule has 0 radical (unpaired) electrons. The number of aliphatic hydroxyl groups excluding tert-OH is 1. The lowest BCUT2D eigenvalue weighted by Gasteiger charge is -2.30. The van der Waals surface area contributed by atoms with Crippen LogP contribution in [-0.4, -0.2) is 50.6 Å². The van der Waals surface area contributed by atoms with Gasteiger partial charge in [0.2, 0.25) is 5.95 Å². The van der Waals surface area contributed by atoms with E-state index in [2.05, 4.69) is 10.1 Å². The largest absolute Gasteiger partial charge is 0.488 e. The smallest absolute Gasteiger partial charge is 0.207 e. The third-order valence-corrected chi connectivity index (χ3v) is 6.36. The van der Waals surface area contributed by atoms with Gasteiger partial charge in [0, 0.05) is 31.0 Å². The minimum absolute atomic E-state index is 0.228. The van der Waals surface area contributed by atoms with E-state index in [1.54, 1.807) is 19.3 Å². The van der Waals surface area contributed by atoms with Crippen molar-refractivity contribution in [3.8, 4) is 16.9 Å². The lowest BCUT2D eigenvalue weighted by atomic mass is 10.00. The zero-order chi connectivity index (χ0) is 22.0. The molecule has 1 aromatic carbocycles. The Morgan fingerprint density at radius 3 is 2.84 bits per heavy atom. The molecule has 0 bridgehead atoms. The van der Waals surface area contributed by atoms with Crippen molar-refractivity contribution in [3.05, 3.63) is 53.4 Å². The summed E-state index contributed by atoms with van der Waals surface area (Å²) in [5.74, 6) is 1.36. The van der Waals surface area contributed by atoms with Crippen LogP contribution in [0, 0.1) is 19.7 Å². The number of aromatic nitrogens is 4. The summed E-state index contributed by atoms with van der Waals surface area (Å²) < 4.78 is 29.1. The SMILES string of the molecule is Cc1noc(C)c1-c1cc(F)c2nc(N3CC[C@@H](O)C3)n3c2c1OC[C@@H]3c1cccnc1. The Morgan fingerprint density at radius 1 is 1.28 bits per heavy atom. The van der Waals surface area contributed by atoms with Crippen molar-refractivity contribution in [2.75, 3.05) is 24.6 Å². The molecule has 1 fully saturated rings. The van der Waals surface area contributed by atoms with Gasteiger partial charge in [0.1, 0.15) is 23.4 Å². The van der Waals surface area contributed by atoms with Crippen molar-refractivity contribution in [3.63, 3.8) is 0 Å². The Kier molecular flexibility index (Phi) is 4.23. The van der Waals surface area contributed by atoms with Gasteiger partial charge in [-0.3, -0.25) is 9.55 Å². The molecule has 1 N–H and O–H groups in total. The summed E-state index contributed by atoms with van der Waals surface area (Å²) >= 11 is 0. The van der Waals surface area contributed by atoms with E-state index in [4.69, 9.17) is 14.2 Å². The zero-order valence-electron chi connectivity index (χ0n) is 17.7. The van der Waals surface area contributed by atoms with Gasteiger partial charge < -0.3 is 19.3 Å². The predicted molar refractivity (Wildman–Crippen MR) is 115 cm³/mol. The van der Waals surface area contributed by atoms with E-state index in [9.17, 15) is 5.11 Å². The zero-order valence-corrected chi connectivity index (χ0v) is 17.7. The Hall–Kier alpha value is -3.46. The standard InChI is InChI=1S/C23H22FN5O3/c1-12-19(13(2)32-27-12)16-8-17(24)20-21-22(16)31-11-18(14-4-3-6-25-9-14)29(21)23(26-20)28-7-5-15(30)10-28/h3-4,6,8-9,15,18,30H,5,7,10-11H2,1-2H3/t15-,18-/m1/s1. The van der Waals surface area contributed by atoms with Gasteiger partial charge in [-0.25, -0.2) is 9.37 Å². The fourth-order valence-corrected chi connectivity index (χ4v) is 4.89. The predicted octanol–water partition coefficient (Wildman–Crippen LogP) is 3.40. The monoisotopic (exact) mass is 435 g/mol. The van der Waals surface area contributed by atoms with E-state index in [-0.39, 0.29) is 11.6 Å². The van der Waals surface area contributed by atoms with Gasteiger partial charge in [-0.2, -0.15) is 0 Å². The molecule has 2 aliphatic rings. The summed E-state index contributed by atoms with van der Waals surface area (Å²) in [6.07, 6.45) is 3.73. The summed E-state index contributed by atoms with van der Waals surface area (Å²) in [5, 5.41) is 14.2. The Morgan fingerprint density at radius 2 is 2.16 bits per heavy atom. The van der Waals surface area contributed by atoms with Gasteiger partial charge in [0.15, 0.2) is 11.6 Å². The molecule has 1 saturated heterocycles. The summed E-state index contributed by atoms with van der Waals surface area (Å²) in [4.78, 5) is 11.0. The maximum Gasteiger partial charge on any atom is 0.207 e. The highest BCUT2D eigenvalue weighted by Crippen LogP contribution is 2.47. The molecule has 0 saturated carbocycles. The third kappa shape index (κ3) is 2.74. The molecule has 3 aromatic heterocycles. The second-order valence-electron chi connectivity index (χ2n) is 8.41. The molecule has 164 valence electrons. The highest BCUT2D eigenvalue weighted by Gasteiger charge is 2.36. The fraction of sp³-hybridized carbons (Fsp3) is 0.348. The minimum Gasteiger partial charge on any atom is -0.488 e. The van der Waals surface area contributed by atoms with Gasteiger partial charge in [-0.1, -0.05) is 11.2 Å². The van der Waals surface area contributed by atoms with Crippen LogP contribution < -0.4 is 9.64 Å². The molecular weight excluding hydrogens is 413 g/mol. The Labute approximate surface area is 183 Å². The molecule has 2 atom stereocenters. The normalized spacial score (nSPS) is 20.2. The van der Waals surface area contributed by atoms with Crippen LogP contribution in [-0.2, 0) is 0 Å². The Bertz CT molecular complexity index is 1310. The average Bonchev–Trinajstić information content (AvgIpc) is 3.49. The lowest BCUT2D eigenvalue weighted by Crippen LogP contribution is -2.30. The molecule has 6 rings (SSSR count).